The van der Waals surface area contributed by atoms with Crippen molar-refractivity contribution < 1.29 is 34.8 Å². The van der Waals surface area contributed by atoms with Gasteiger partial charge >= 0.3 is 0 Å². The van der Waals surface area contributed by atoms with E-state index in [1.807, 2.05) is 13.8 Å². The number of fused-ring (bicyclic) bond motifs is 3. The van der Waals surface area contributed by atoms with E-state index in [9.17, 15) is 34.8 Å². The lowest BCUT2D eigenvalue weighted by molar-refractivity contribution is -0.167. The molecule has 4 rings (SSSR count). The maximum absolute atomic E-state index is 13.3. The topological polar surface area (TPSA) is 158 Å². The molecule has 1 aromatic carbocycles. The molecule has 8 nitrogen and oxygen atoms in total. The predicted octanol–water partition coefficient (Wildman–Crippen LogP) is 0.869. The summed E-state index contributed by atoms with van der Waals surface area (Å²) < 4.78 is 0. The molecule has 1 aromatic rings. The minimum atomic E-state index is -2.47. The van der Waals surface area contributed by atoms with Crippen molar-refractivity contribution in [1.29, 1.82) is 0 Å². The van der Waals surface area contributed by atoms with E-state index in [1.165, 1.54) is 6.07 Å². The predicted molar refractivity (Wildman–Crippen MR) is 105 cm³/mol. The van der Waals surface area contributed by atoms with Gasteiger partial charge in [-0.2, -0.15) is 0 Å². The fourth-order valence-corrected chi connectivity index (χ4v) is 5.49. The lowest BCUT2D eigenvalue weighted by Gasteiger charge is -2.48. The number of hydrogen-bond donors (Lipinski definition) is 5. The van der Waals surface area contributed by atoms with Gasteiger partial charge in [-0.25, -0.2) is 0 Å². The summed E-state index contributed by atoms with van der Waals surface area (Å²) >= 11 is 0. The second-order valence-corrected chi connectivity index (χ2v) is 8.92. The Morgan fingerprint density at radius 2 is 1.87 bits per heavy atom. The molecule has 160 valence electrons. The molecular formula is C22H25NO7. The minimum absolute atomic E-state index is 0.0656. The lowest BCUT2D eigenvalue weighted by atomic mass is 9.57. The molecule has 3 aliphatic rings. The van der Waals surface area contributed by atoms with Crippen LogP contribution in [0.25, 0.3) is 0 Å². The van der Waals surface area contributed by atoms with E-state index in [0.29, 0.717) is 12.0 Å². The molecule has 0 saturated heterocycles. The van der Waals surface area contributed by atoms with Crippen LogP contribution in [0.5, 0.6) is 5.75 Å². The molecule has 0 heterocycles. The highest BCUT2D eigenvalue weighted by Gasteiger charge is 2.62. The highest BCUT2D eigenvalue weighted by molar-refractivity contribution is 6.15. The van der Waals surface area contributed by atoms with Gasteiger partial charge in [-0.15, -0.1) is 0 Å². The molecule has 0 aromatic heterocycles. The quantitative estimate of drug-likeness (QED) is 0.448. The normalized spacial score (nSPS) is 33.2. The fraction of sp³-hybridized carbons (Fsp3) is 0.500. The Morgan fingerprint density at radius 3 is 2.47 bits per heavy atom. The summed E-state index contributed by atoms with van der Waals surface area (Å²) in [5.74, 6) is -6.78. The van der Waals surface area contributed by atoms with Gasteiger partial charge in [0.2, 0.25) is 5.91 Å². The Labute approximate surface area is 173 Å². The first-order valence-corrected chi connectivity index (χ1v) is 10.1. The molecule has 5 atom stereocenters. The van der Waals surface area contributed by atoms with Crippen molar-refractivity contribution in [2.45, 2.75) is 50.7 Å². The van der Waals surface area contributed by atoms with E-state index in [2.05, 4.69) is 0 Å². The first kappa shape index (κ1) is 20.6. The number of carbonyl (C=O) groups is 3. The highest BCUT2D eigenvalue weighted by atomic mass is 16.3. The molecule has 0 aliphatic heterocycles. The number of aliphatic hydroxyl groups excluding tert-OH is 2. The number of aromatic hydroxyl groups is 1. The molecule has 8 heteroatoms. The molecule has 1 saturated carbocycles. The third-order valence-electron chi connectivity index (χ3n) is 6.93. The fourth-order valence-electron chi connectivity index (χ4n) is 5.49. The van der Waals surface area contributed by atoms with Gasteiger partial charge in [0.1, 0.15) is 17.4 Å². The summed E-state index contributed by atoms with van der Waals surface area (Å²) in [6, 6.07) is 3.20. The molecule has 6 N–H and O–H groups in total. The van der Waals surface area contributed by atoms with Crippen LogP contribution in [-0.4, -0.2) is 49.6 Å². The highest BCUT2D eigenvalue weighted by Crippen LogP contribution is 2.52. The second-order valence-electron chi connectivity index (χ2n) is 8.92. The minimum Gasteiger partial charge on any atom is -0.508 e. The number of amides is 1. The summed E-state index contributed by atoms with van der Waals surface area (Å²) in [5.41, 5.74) is 4.31. The zero-order chi connectivity index (χ0) is 22.1. The Bertz CT molecular complexity index is 1010. The van der Waals surface area contributed by atoms with Crippen LogP contribution in [0.2, 0.25) is 0 Å². The number of benzene rings is 1. The monoisotopic (exact) mass is 415 g/mol. The molecule has 1 fully saturated rings. The maximum Gasteiger partial charge on any atom is 0.230 e. The van der Waals surface area contributed by atoms with E-state index in [-0.39, 0.29) is 35.6 Å². The summed E-state index contributed by atoms with van der Waals surface area (Å²) in [6.45, 7) is 3.94. The number of ketones is 2. The third kappa shape index (κ3) is 2.56. The van der Waals surface area contributed by atoms with Crippen molar-refractivity contribution >= 4 is 17.5 Å². The van der Waals surface area contributed by atoms with Crippen molar-refractivity contribution in [3.63, 3.8) is 0 Å². The molecule has 2 unspecified atom stereocenters. The van der Waals surface area contributed by atoms with Crippen molar-refractivity contribution in [1.82, 2.24) is 0 Å². The van der Waals surface area contributed by atoms with Gasteiger partial charge in [0.15, 0.2) is 17.2 Å². The summed E-state index contributed by atoms with van der Waals surface area (Å²) in [5, 5.41) is 42.8. The second kappa shape index (κ2) is 6.65. The number of phenolic OH excluding ortho intramolecular Hbond substituents is 1. The summed E-state index contributed by atoms with van der Waals surface area (Å²) in [4.78, 5) is 37.9. The number of aliphatic hydroxyl groups is 3. The van der Waals surface area contributed by atoms with Crippen LogP contribution in [0.15, 0.2) is 23.5 Å². The number of nitrogens with two attached hydrogens (primary N) is 1. The number of Topliss-reactive ketones (excluding diaryl/α,β-unsaturated/α-hetero) is 2. The van der Waals surface area contributed by atoms with Crippen LogP contribution in [-0.2, 0) is 16.0 Å². The van der Waals surface area contributed by atoms with Crippen LogP contribution in [0.1, 0.15) is 54.1 Å². The Balaban J connectivity index is 1.90. The molecule has 30 heavy (non-hydrogen) atoms. The first-order valence-electron chi connectivity index (χ1n) is 10.1. The van der Waals surface area contributed by atoms with E-state index in [4.69, 9.17) is 5.73 Å². The first-order chi connectivity index (χ1) is 14.0. The third-order valence-corrected chi connectivity index (χ3v) is 6.93. The van der Waals surface area contributed by atoms with Gasteiger partial charge in [0.25, 0.3) is 0 Å². The van der Waals surface area contributed by atoms with Crippen molar-refractivity contribution in [3.8, 4) is 5.75 Å². The Kier molecular flexibility index (Phi) is 4.56. The van der Waals surface area contributed by atoms with Crippen LogP contribution >= 0.6 is 0 Å². The zero-order valence-electron chi connectivity index (χ0n) is 16.8. The number of hydrogen-bond acceptors (Lipinski definition) is 7. The zero-order valence-corrected chi connectivity index (χ0v) is 16.8. The van der Waals surface area contributed by atoms with Crippen LogP contribution in [0.4, 0.5) is 0 Å². The van der Waals surface area contributed by atoms with Crippen LogP contribution < -0.4 is 5.73 Å². The number of allylic oxidation sites excluding steroid dienone is 1. The SMILES string of the molecule is CC(C)c1ccc(O)c2c1C[C@H]1C[C@H]3CC(O)C(C(N)=O)C(=O)[C@@]3(O)C(O)=C1C2=O. The largest absolute Gasteiger partial charge is 0.508 e. The van der Waals surface area contributed by atoms with Gasteiger partial charge in [-0.1, -0.05) is 19.9 Å². The molecule has 1 amide bonds. The van der Waals surface area contributed by atoms with Gasteiger partial charge < -0.3 is 26.2 Å². The Hall–Kier alpha value is -2.71. The van der Waals surface area contributed by atoms with Crippen molar-refractivity contribution in [2.24, 2.45) is 23.5 Å². The molecule has 0 bridgehead atoms. The summed E-state index contributed by atoms with van der Waals surface area (Å²) in [6.07, 6.45) is -0.959. The van der Waals surface area contributed by atoms with Crippen LogP contribution in [0, 0.1) is 17.8 Å². The van der Waals surface area contributed by atoms with Crippen molar-refractivity contribution in [2.75, 3.05) is 0 Å². The van der Waals surface area contributed by atoms with E-state index >= 15 is 0 Å². The van der Waals surface area contributed by atoms with Crippen molar-refractivity contribution in [3.05, 3.63) is 40.2 Å². The average Bonchev–Trinajstić information content (AvgIpc) is 2.64. The smallest absolute Gasteiger partial charge is 0.230 e. The lowest BCUT2D eigenvalue weighted by Crippen LogP contribution is -2.63. The number of rotatable bonds is 2. The number of phenols is 1. The molecule has 3 aliphatic carbocycles. The maximum atomic E-state index is 13.3. The van der Waals surface area contributed by atoms with Gasteiger partial charge in [-0.3, -0.25) is 14.4 Å². The van der Waals surface area contributed by atoms with Crippen LogP contribution in [0.3, 0.4) is 0 Å². The van der Waals surface area contributed by atoms with Gasteiger partial charge in [0, 0.05) is 11.5 Å². The molecule has 0 radical (unpaired) electrons. The van der Waals surface area contributed by atoms with E-state index in [1.54, 1.807) is 6.07 Å². The molecular weight excluding hydrogens is 390 g/mol. The number of primary amides is 1. The standard InChI is InChI=1S/C22H25NO7/c1-8(2)11-3-4-13(24)16-12(11)6-9-5-10-7-14(25)17(21(23)29)20(28)22(10,30)19(27)15(9)18(16)26/h3-4,8-10,14,17,24-25,27,30H,5-7H2,1-2H3,(H2,23,29)/t9-,10+,14?,17?,22+/m1/s1. The molecule has 0 spiro atoms. The Morgan fingerprint density at radius 1 is 1.20 bits per heavy atom. The van der Waals surface area contributed by atoms with Gasteiger partial charge in [0.05, 0.1) is 11.7 Å². The van der Waals surface area contributed by atoms with Gasteiger partial charge in [-0.05, 0) is 48.3 Å². The van der Waals surface area contributed by atoms with E-state index in [0.717, 1.165) is 5.56 Å². The number of carbonyl (C=O) groups excluding carboxylic acids is 3. The van der Waals surface area contributed by atoms with E-state index < -0.39 is 52.7 Å². The summed E-state index contributed by atoms with van der Waals surface area (Å²) in [7, 11) is 0. The average molecular weight is 415 g/mol.